The molecule has 0 aromatic heterocycles. The fraction of sp³-hybridized carbons (Fsp3) is 0.261. The number of amides is 2. The number of esters is 2. The number of ether oxygens (including phenoxy) is 3. The van der Waals surface area contributed by atoms with Gasteiger partial charge in [0.2, 0.25) is 0 Å². The van der Waals surface area contributed by atoms with E-state index in [0.717, 1.165) is 0 Å². The van der Waals surface area contributed by atoms with Gasteiger partial charge in [-0.1, -0.05) is 24.3 Å². The molecule has 0 saturated carbocycles. The Hall–Kier alpha value is -3.88. The van der Waals surface area contributed by atoms with E-state index in [0.29, 0.717) is 16.9 Å². The van der Waals surface area contributed by atoms with Crippen molar-refractivity contribution in [1.82, 2.24) is 10.6 Å². The Kier molecular flexibility index (Phi) is 7.43. The molecule has 2 amide bonds. The van der Waals surface area contributed by atoms with Crippen molar-refractivity contribution in [3.63, 3.8) is 0 Å². The number of nitrogens with one attached hydrogen (secondary N) is 2. The first-order chi connectivity index (χ1) is 15.4. The lowest BCUT2D eigenvalue weighted by atomic mass is 9.95. The van der Waals surface area contributed by atoms with Gasteiger partial charge in [0.15, 0.2) is 0 Å². The Morgan fingerprint density at radius 1 is 1.03 bits per heavy atom. The van der Waals surface area contributed by atoms with Gasteiger partial charge in [0.1, 0.15) is 18.2 Å². The van der Waals surface area contributed by atoms with Crippen molar-refractivity contribution < 1.29 is 33.0 Å². The van der Waals surface area contributed by atoms with Crippen molar-refractivity contribution in [2.45, 2.75) is 19.4 Å². The van der Waals surface area contributed by atoms with Gasteiger partial charge in [-0.25, -0.2) is 14.0 Å². The highest BCUT2D eigenvalue weighted by Gasteiger charge is 2.34. The third-order valence-corrected chi connectivity index (χ3v) is 4.74. The molecule has 1 atom stereocenters. The minimum Gasteiger partial charge on any atom is -0.497 e. The third kappa shape index (κ3) is 5.63. The molecule has 2 N–H and O–H groups in total. The molecule has 32 heavy (non-hydrogen) atoms. The van der Waals surface area contributed by atoms with Crippen molar-refractivity contribution in [3.05, 3.63) is 76.7 Å². The van der Waals surface area contributed by atoms with Crippen LogP contribution in [0.3, 0.4) is 0 Å². The van der Waals surface area contributed by atoms with Crippen LogP contribution >= 0.6 is 0 Å². The summed E-state index contributed by atoms with van der Waals surface area (Å²) in [6.45, 7) is 1.45. The van der Waals surface area contributed by atoms with Crippen molar-refractivity contribution in [2.24, 2.45) is 0 Å². The van der Waals surface area contributed by atoms with Gasteiger partial charge in [0, 0.05) is 0 Å². The van der Waals surface area contributed by atoms with E-state index in [1.54, 1.807) is 31.2 Å². The zero-order valence-corrected chi connectivity index (χ0v) is 17.6. The van der Waals surface area contributed by atoms with E-state index >= 15 is 0 Å². The second kappa shape index (κ2) is 10.4. The molecule has 1 aliphatic rings. The summed E-state index contributed by atoms with van der Waals surface area (Å²) in [6, 6.07) is 10.9. The van der Waals surface area contributed by atoms with Gasteiger partial charge >= 0.3 is 18.0 Å². The number of carbonyl (C=O) groups excluding carboxylic acids is 3. The predicted molar refractivity (Wildman–Crippen MR) is 112 cm³/mol. The van der Waals surface area contributed by atoms with Gasteiger partial charge in [0.25, 0.3) is 0 Å². The SMILES string of the molecule is CCOC(=O)C1=C(COC(=O)Cc2ccc(F)cc2)NC(=O)NC1c1ccc(OC)cc1. The number of benzene rings is 2. The predicted octanol–water partition coefficient (Wildman–Crippen LogP) is 2.79. The summed E-state index contributed by atoms with van der Waals surface area (Å²) in [5, 5.41) is 5.23. The Bertz CT molecular complexity index is 1020. The fourth-order valence-electron chi connectivity index (χ4n) is 3.20. The summed E-state index contributed by atoms with van der Waals surface area (Å²) in [4.78, 5) is 37.2. The van der Waals surface area contributed by atoms with Crippen LogP contribution in [0.4, 0.5) is 9.18 Å². The number of carbonyl (C=O) groups is 3. The van der Waals surface area contributed by atoms with E-state index in [9.17, 15) is 18.8 Å². The maximum atomic E-state index is 13.0. The highest BCUT2D eigenvalue weighted by molar-refractivity contribution is 5.95. The molecule has 2 aromatic rings. The van der Waals surface area contributed by atoms with E-state index in [4.69, 9.17) is 14.2 Å². The lowest BCUT2D eigenvalue weighted by Gasteiger charge is -2.29. The molecule has 1 aliphatic heterocycles. The molecule has 2 aromatic carbocycles. The van der Waals surface area contributed by atoms with Gasteiger partial charge in [0.05, 0.1) is 37.4 Å². The maximum Gasteiger partial charge on any atom is 0.338 e. The first kappa shape index (κ1) is 22.8. The average molecular weight is 442 g/mol. The van der Waals surface area contributed by atoms with E-state index in [1.165, 1.54) is 31.4 Å². The molecule has 1 unspecified atom stereocenters. The largest absolute Gasteiger partial charge is 0.497 e. The first-order valence-electron chi connectivity index (χ1n) is 9.93. The fourth-order valence-corrected chi connectivity index (χ4v) is 3.20. The number of hydrogen-bond donors (Lipinski definition) is 2. The van der Waals surface area contributed by atoms with E-state index in [2.05, 4.69) is 10.6 Å². The summed E-state index contributed by atoms with van der Waals surface area (Å²) in [5.41, 5.74) is 1.45. The molecule has 0 fully saturated rings. The molecule has 0 radical (unpaired) electrons. The second-order valence-corrected chi connectivity index (χ2v) is 6.88. The van der Waals surface area contributed by atoms with Gasteiger partial charge in [-0.3, -0.25) is 4.79 Å². The van der Waals surface area contributed by atoms with Crippen molar-refractivity contribution >= 4 is 18.0 Å². The molecule has 3 rings (SSSR count). The minimum absolute atomic E-state index is 0.0869. The summed E-state index contributed by atoms with van der Waals surface area (Å²) < 4.78 is 28.6. The molecular formula is C23H23FN2O6. The summed E-state index contributed by atoms with van der Waals surface area (Å²) in [5.74, 6) is -1.04. The number of rotatable bonds is 8. The van der Waals surface area contributed by atoms with Crippen LogP contribution in [-0.2, 0) is 25.5 Å². The molecule has 0 aliphatic carbocycles. The highest BCUT2D eigenvalue weighted by atomic mass is 19.1. The lowest BCUT2D eigenvalue weighted by molar-refractivity contribution is -0.143. The standard InChI is InChI=1S/C23H23FN2O6/c1-3-31-22(28)20-18(13-32-19(27)12-14-4-8-16(24)9-5-14)25-23(29)26-21(20)15-6-10-17(30-2)11-7-15/h4-11,21H,3,12-13H2,1-2H3,(H2,25,26,29). The maximum absolute atomic E-state index is 13.0. The average Bonchev–Trinajstić information content (AvgIpc) is 2.79. The highest BCUT2D eigenvalue weighted by Crippen LogP contribution is 2.29. The number of halogens is 1. The molecule has 1 heterocycles. The molecule has 9 heteroatoms. The van der Waals surface area contributed by atoms with Crippen LogP contribution in [0.15, 0.2) is 59.8 Å². The van der Waals surface area contributed by atoms with Crippen LogP contribution in [0.2, 0.25) is 0 Å². The van der Waals surface area contributed by atoms with Crippen molar-refractivity contribution in [1.29, 1.82) is 0 Å². The zero-order chi connectivity index (χ0) is 23.1. The molecule has 0 bridgehead atoms. The van der Waals surface area contributed by atoms with E-state index in [-0.39, 0.29) is 30.9 Å². The van der Waals surface area contributed by atoms with Crippen molar-refractivity contribution in [3.8, 4) is 5.75 Å². The van der Waals surface area contributed by atoms with Gasteiger partial charge in [-0.05, 0) is 42.3 Å². The Labute approximate surface area is 184 Å². The number of hydrogen-bond acceptors (Lipinski definition) is 6. The van der Waals surface area contributed by atoms with Gasteiger partial charge in [-0.15, -0.1) is 0 Å². The van der Waals surface area contributed by atoms with Crippen LogP contribution < -0.4 is 15.4 Å². The molecule has 0 saturated heterocycles. The summed E-state index contributed by atoms with van der Waals surface area (Å²) in [6.07, 6.45) is -0.0869. The van der Waals surface area contributed by atoms with Crippen molar-refractivity contribution in [2.75, 3.05) is 20.3 Å². The molecule has 8 nitrogen and oxygen atoms in total. The zero-order valence-electron chi connectivity index (χ0n) is 17.6. The van der Waals surface area contributed by atoms with Crippen LogP contribution in [0.1, 0.15) is 24.1 Å². The quantitative estimate of drug-likeness (QED) is 0.610. The Morgan fingerprint density at radius 2 is 1.72 bits per heavy atom. The van der Waals surface area contributed by atoms with E-state index < -0.39 is 29.8 Å². The smallest absolute Gasteiger partial charge is 0.338 e. The molecule has 0 spiro atoms. The Balaban J connectivity index is 1.83. The minimum atomic E-state index is -0.806. The number of urea groups is 1. The Morgan fingerprint density at radius 3 is 2.34 bits per heavy atom. The molecular weight excluding hydrogens is 419 g/mol. The van der Waals surface area contributed by atoms with Crippen LogP contribution in [0.5, 0.6) is 5.75 Å². The second-order valence-electron chi connectivity index (χ2n) is 6.88. The topological polar surface area (TPSA) is 103 Å². The monoisotopic (exact) mass is 442 g/mol. The van der Waals surface area contributed by atoms with Gasteiger partial charge < -0.3 is 24.8 Å². The van der Waals surface area contributed by atoms with Gasteiger partial charge in [-0.2, -0.15) is 0 Å². The lowest BCUT2D eigenvalue weighted by Crippen LogP contribution is -2.47. The molecule has 168 valence electrons. The van der Waals surface area contributed by atoms with Crippen LogP contribution in [0.25, 0.3) is 0 Å². The first-order valence-corrected chi connectivity index (χ1v) is 9.93. The third-order valence-electron chi connectivity index (χ3n) is 4.74. The summed E-state index contributed by atoms with van der Waals surface area (Å²) in [7, 11) is 1.53. The summed E-state index contributed by atoms with van der Waals surface area (Å²) >= 11 is 0. The number of methoxy groups -OCH3 is 1. The van der Waals surface area contributed by atoms with Crippen LogP contribution in [-0.4, -0.2) is 38.3 Å². The normalized spacial score (nSPS) is 15.5. The van der Waals surface area contributed by atoms with Crippen LogP contribution in [0, 0.1) is 5.82 Å². The van der Waals surface area contributed by atoms with E-state index in [1.807, 2.05) is 0 Å².